The highest BCUT2D eigenvalue weighted by Crippen LogP contribution is 2.24. The fourth-order valence-corrected chi connectivity index (χ4v) is 4.61. The van der Waals surface area contributed by atoms with Crippen molar-refractivity contribution in [3.8, 4) is 0 Å². The van der Waals surface area contributed by atoms with Gasteiger partial charge in [0.15, 0.2) is 9.84 Å². The molecule has 6 heteroatoms. The minimum Gasteiger partial charge on any atom is -0.341 e. The molecule has 4 nitrogen and oxygen atoms in total. The van der Waals surface area contributed by atoms with E-state index in [9.17, 15) is 17.6 Å². The van der Waals surface area contributed by atoms with Crippen molar-refractivity contribution in [2.24, 2.45) is 0 Å². The van der Waals surface area contributed by atoms with Crippen LogP contribution >= 0.6 is 0 Å². The molecule has 0 bridgehead atoms. The molecular weight excluding hydrogens is 329 g/mol. The van der Waals surface area contributed by atoms with Crippen LogP contribution in [-0.2, 0) is 21.1 Å². The van der Waals surface area contributed by atoms with Gasteiger partial charge in [-0.05, 0) is 36.2 Å². The molecule has 0 aromatic heterocycles. The molecule has 1 atom stereocenters. The lowest BCUT2D eigenvalue weighted by Crippen LogP contribution is -2.32. The van der Waals surface area contributed by atoms with Gasteiger partial charge in [-0.1, -0.05) is 30.3 Å². The first kappa shape index (κ1) is 16.6. The molecule has 2 aromatic rings. The van der Waals surface area contributed by atoms with Crippen LogP contribution in [0.4, 0.5) is 4.39 Å². The molecule has 0 saturated carbocycles. The zero-order chi connectivity index (χ0) is 17.2. The molecule has 1 aliphatic heterocycles. The van der Waals surface area contributed by atoms with Gasteiger partial charge >= 0.3 is 0 Å². The van der Waals surface area contributed by atoms with Crippen molar-refractivity contribution in [3.05, 3.63) is 66.0 Å². The van der Waals surface area contributed by atoms with Crippen molar-refractivity contribution in [2.75, 3.05) is 13.1 Å². The predicted molar refractivity (Wildman–Crippen MR) is 88.7 cm³/mol. The summed E-state index contributed by atoms with van der Waals surface area (Å²) in [6, 6.07) is 14.1. The van der Waals surface area contributed by atoms with Gasteiger partial charge in [-0.3, -0.25) is 4.79 Å². The molecule has 24 heavy (non-hydrogen) atoms. The molecule has 1 saturated heterocycles. The van der Waals surface area contributed by atoms with Crippen LogP contribution in [0.15, 0.2) is 59.5 Å². The van der Waals surface area contributed by atoms with Gasteiger partial charge in [-0.25, -0.2) is 12.8 Å². The second kappa shape index (κ2) is 6.73. The average Bonchev–Trinajstić information content (AvgIpc) is 3.09. The van der Waals surface area contributed by atoms with Crippen LogP contribution < -0.4 is 0 Å². The number of likely N-dealkylation sites (tertiary alicyclic amines) is 1. The average molecular weight is 347 g/mol. The lowest BCUT2D eigenvalue weighted by atomic mass is 10.1. The quantitative estimate of drug-likeness (QED) is 0.854. The van der Waals surface area contributed by atoms with Gasteiger partial charge in [0, 0.05) is 13.1 Å². The Kier molecular flexibility index (Phi) is 4.66. The van der Waals surface area contributed by atoms with Crippen molar-refractivity contribution in [1.82, 2.24) is 4.90 Å². The minimum absolute atomic E-state index is 0.132. The smallest absolute Gasteiger partial charge is 0.227 e. The topological polar surface area (TPSA) is 54.5 Å². The molecule has 1 aliphatic rings. The third-order valence-electron chi connectivity index (χ3n) is 4.28. The first-order valence-corrected chi connectivity index (χ1v) is 9.32. The van der Waals surface area contributed by atoms with Crippen LogP contribution in [0.1, 0.15) is 12.0 Å². The Bertz CT molecular complexity index is 819. The number of carbonyl (C=O) groups is 1. The lowest BCUT2D eigenvalue weighted by molar-refractivity contribution is -0.129. The van der Waals surface area contributed by atoms with Crippen LogP contribution in [0.3, 0.4) is 0 Å². The Morgan fingerprint density at radius 3 is 2.42 bits per heavy atom. The third-order valence-corrected chi connectivity index (χ3v) is 6.47. The van der Waals surface area contributed by atoms with Crippen LogP contribution in [0, 0.1) is 5.82 Å². The van der Waals surface area contributed by atoms with Gasteiger partial charge < -0.3 is 4.90 Å². The van der Waals surface area contributed by atoms with E-state index in [1.54, 1.807) is 47.4 Å². The Labute approximate surface area is 140 Å². The maximum Gasteiger partial charge on any atom is 0.227 e. The molecule has 1 fully saturated rings. The summed E-state index contributed by atoms with van der Waals surface area (Å²) in [4.78, 5) is 14.2. The van der Waals surface area contributed by atoms with Crippen molar-refractivity contribution in [1.29, 1.82) is 0 Å². The van der Waals surface area contributed by atoms with E-state index in [0.717, 1.165) is 5.56 Å². The van der Waals surface area contributed by atoms with Crippen LogP contribution in [0.5, 0.6) is 0 Å². The van der Waals surface area contributed by atoms with Crippen molar-refractivity contribution in [2.45, 2.75) is 23.0 Å². The second-order valence-electron chi connectivity index (χ2n) is 5.91. The number of rotatable bonds is 4. The number of hydrogen-bond acceptors (Lipinski definition) is 3. The number of halogens is 1. The number of benzene rings is 2. The zero-order valence-electron chi connectivity index (χ0n) is 13.1. The highest BCUT2D eigenvalue weighted by atomic mass is 32.2. The number of hydrogen-bond donors (Lipinski definition) is 0. The molecule has 1 heterocycles. The van der Waals surface area contributed by atoms with E-state index in [4.69, 9.17) is 0 Å². The molecule has 0 aliphatic carbocycles. The molecule has 126 valence electrons. The molecule has 1 unspecified atom stereocenters. The Morgan fingerprint density at radius 2 is 1.75 bits per heavy atom. The maximum absolute atomic E-state index is 12.9. The van der Waals surface area contributed by atoms with E-state index in [0.29, 0.717) is 17.9 Å². The molecule has 1 amide bonds. The van der Waals surface area contributed by atoms with Gasteiger partial charge in [0.2, 0.25) is 5.91 Å². The molecular formula is C18H18FNO3S. The lowest BCUT2D eigenvalue weighted by Gasteiger charge is -2.17. The molecule has 0 radical (unpaired) electrons. The summed E-state index contributed by atoms with van der Waals surface area (Å²) in [5, 5.41) is -0.572. The Balaban J connectivity index is 1.66. The van der Waals surface area contributed by atoms with Gasteiger partial charge in [0.25, 0.3) is 0 Å². The SMILES string of the molecule is O=C(Cc1ccc(F)cc1)N1CCC(S(=O)(=O)c2ccccc2)C1. The third kappa shape index (κ3) is 3.48. The highest BCUT2D eigenvalue weighted by molar-refractivity contribution is 7.92. The van der Waals surface area contributed by atoms with Gasteiger partial charge in [-0.15, -0.1) is 0 Å². The van der Waals surface area contributed by atoms with Crippen LogP contribution in [0.2, 0.25) is 0 Å². The first-order chi connectivity index (χ1) is 11.5. The Morgan fingerprint density at radius 1 is 1.08 bits per heavy atom. The fourth-order valence-electron chi connectivity index (χ4n) is 2.90. The first-order valence-electron chi connectivity index (χ1n) is 7.78. The fraction of sp³-hybridized carbons (Fsp3) is 0.278. The van der Waals surface area contributed by atoms with Crippen molar-refractivity contribution < 1.29 is 17.6 Å². The highest BCUT2D eigenvalue weighted by Gasteiger charge is 2.35. The van der Waals surface area contributed by atoms with Crippen LogP contribution in [-0.4, -0.2) is 37.6 Å². The van der Waals surface area contributed by atoms with E-state index >= 15 is 0 Å². The van der Waals surface area contributed by atoms with E-state index in [1.165, 1.54) is 12.1 Å². The predicted octanol–water partition coefficient (Wildman–Crippen LogP) is 2.44. The number of sulfone groups is 1. The van der Waals surface area contributed by atoms with E-state index in [2.05, 4.69) is 0 Å². The largest absolute Gasteiger partial charge is 0.341 e. The van der Waals surface area contributed by atoms with E-state index in [-0.39, 0.29) is 24.7 Å². The number of amides is 1. The minimum atomic E-state index is -3.43. The van der Waals surface area contributed by atoms with Gasteiger partial charge in [0.05, 0.1) is 16.6 Å². The van der Waals surface area contributed by atoms with Crippen molar-refractivity contribution >= 4 is 15.7 Å². The summed E-state index contributed by atoms with van der Waals surface area (Å²) < 4.78 is 38.1. The summed E-state index contributed by atoms with van der Waals surface area (Å²) in [5.74, 6) is -0.478. The standard InChI is InChI=1S/C18H18FNO3S/c19-15-8-6-14(7-9-15)12-18(21)20-11-10-17(13-20)24(22,23)16-4-2-1-3-5-16/h1-9,17H,10-13H2. The number of nitrogens with zero attached hydrogens (tertiary/aromatic N) is 1. The van der Waals surface area contributed by atoms with Crippen LogP contribution in [0.25, 0.3) is 0 Å². The zero-order valence-corrected chi connectivity index (χ0v) is 13.9. The maximum atomic E-state index is 12.9. The second-order valence-corrected chi connectivity index (χ2v) is 8.14. The molecule has 0 spiro atoms. The van der Waals surface area contributed by atoms with E-state index in [1.807, 2.05) is 0 Å². The summed E-state index contributed by atoms with van der Waals surface area (Å²) in [6.07, 6.45) is 0.588. The summed E-state index contributed by atoms with van der Waals surface area (Å²) in [6.45, 7) is 0.633. The summed E-state index contributed by atoms with van der Waals surface area (Å²) >= 11 is 0. The van der Waals surface area contributed by atoms with E-state index < -0.39 is 15.1 Å². The van der Waals surface area contributed by atoms with Gasteiger partial charge in [-0.2, -0.15) is 0 Å². The normalized spacial score (nSPS) is 17.9. The summed E-state index contributed by atoms with van der Waals surface area (Å²) in [5.41, 5.74) is 0.718. The Hall–Kier alpha value is -2.21. The summed E-state index contributed by atoms with van der Waals surface area (Å²) in [7, 11) is -3.43. The van der Waals surface area contributed by atoms with Crippen molar-refractivity contribution in [3.63, 3.8) is 0 Å². The van der Waals surface area contributed by atoms with Gasteiger partial charge in [0.1, 0.15) is 5.82 Å². The molecule has 0 N–H and O–H groups in total. The molecule has 2 aromatic carbocycles. The molecule has 3 rings (SSSR count). The monoisotopic (exact) mass is 347 g/mol. The number of carbonyl (C=O) groups excluding carboxylic acids is 1.